The van der Waals surface area contributed by atoms with Gasteiger partial charge in [-0.2, -0.15) is 0 Å². The van der Waals surface area contributed by atoms with Crippen molar-refractivity contribution in [2.24, 2.45) is 5.92 Å². The maximum Gasteiger partial charge on any atom is 0.237 e. The molecule has 1 heterocycles. The van der Waals surface area contributed by atoms with Gasteiger partial charge < -0.3 is 10.6 Å². The number of nitrogens with one attached hydrogen (secondary N) is 2. The highest BCUT2D eigenvalue weighted by Gasteiger charge is 2.29. The number of carbonyl (C=O) groups is 1. The van der Waals surface area contributed by atoms with Gasteiger partial charge in [0, 0.05) is 13.1 Å². The largest absolute Gasteiger partial charge is 0.353 e. The van der Waals surface area contributed by atoms with E-state index in [0.717, 1.165) is 32.4 Å². The van der Waals surface area contributed by atoms with E-state index in [1.807, 2.05) is 0 Å². The molecule has 0 spiro atoms. The zero-order chi connectivity index (χ0) is 9.10. The molecule has 2 atom stereocenters. The molecule has 2 rings (SSSR count). The molecule has 0 saturated carbocycles. The van der Waals surface area contributed by atoms with Gasteiger partial charge in [-0.05, 0) is 25.2 Å². The van der Waals surface area contributed by atoms with Crippen LogP contribution in [0.3, 0.4) is 0 Å². The summed E-state index contributed by atoms with van der Waals surface area (Å²) in [4.78, 5) is 11.5. The number of allylic oxidation sites excluding steroid dienone is 2. The van der Waals surface area contributed by atoms with Crippen molar-refractivity contribution in [1.29, 1.82) is 0 Å². The van der Waals surface area contributed by atoms with Gasteiger partial charge in [0.15, 0.2) is 0 Å². The van der Waals surface area contributed by atoms with Gasteiger partial charge in [0.25, 0.3) is 0 Å². The Morgan fingerprint density at radius 3 is 2.92 bits per heavy atom. The molecule has 0 bridgehead atoms. The average molecular weight is 180 g/mol. The Morgan fingerprint density at radius 2 is 2.23 bits per heavy atom. The minimum atomic E-state index is 0.0544. The molecule has 1 fully saturated rings. The van der Waals surface area contributed by atoms with E-state index in [-0.39, 0.29) is 11.9 Å². The second-order valence-corrected chi connectivity index (χ2v) is 3.77. The van der Waals surface area contributed by atoms with Gasteiger partial charge in [0.1, 0.15) is 0 Å². The normalized spacial score (nSPS) is 34.3. The highest BCUT2D eigenvalue weighted by atomic mass is 16.2. The van der Waals surface area contributed by atoms with Crippen LogP contribution in [-0.2, 0) is 4.79 Å². The summed E-state index contributed by atoms with van der Waals surface area (Å²) in [5.41, 5.74) is 0. The van der Waals surface area contributed by atoms with E-state index in [1.54, 1.807) is 0 Å². The molecule has 2 unspecified atom stereocenters. The lowest BCUT2D eigenvalue weighted by atomic mass is 9.86. The van der Waals surface area contributed by atoms with Crippen molar-refractivity contribution in [3.8, 4) is 0 Å². The van der Waals surface area contributed by atoms with Crippen LogP contribution < -0.4 is 10.6 Å². The van der Waals surface area contributed by atoms with Crippen molar-refractivity contribution >= 4 is 5.91 Å². The molecule has 1 saturated heterocycles. The van der Waals surface area contributed by atoms with E-state index < -0.39 is 0 Å². The van der Waals surface area contributed by atoms with Gasteiger partial charge in [-0.1, -0.05) is 12.2 Å². The van der Waals surface area contributed by atoms with Crippen LogP contribution in [0.25, 0.3) is 0 Å². The van der Waals surface area contributed by atoms with Crippen molar-refractivity contribution in [2.45, 2.75) is 25.3 Å². The van der Waals surface area contributed by atoms with Crippen LogP contribution >= 0.6 is 0 Å². The first-order chi connectivity index (χ1) is 6.38. The summed E-state index contributed by atoms with van der Waals surface area (Å²) in [5.74, 6) is 0.692. The van der Waals surface area contributed by atoms with Crippen LogP contribution in [0.1, 0.15) is 19.3 Å². The molecule has 2 aliphatic rings. The maximum atomic E-state index is 11.5. The van der Waals surface area contributed by atoms with Gasteiger partial charge in [0.05, 0.1) is 6.04 Å². The first kappa shape index (κ1) is 8.75. The molecule has 1 aliphatic carbocycles. The summed E-state index contributed by atoms with van der Waals surface area (Å²) in [7, 11) is 0. The summed E-state index contributed by atoms with van der Waals surface area (Å²) >= 11 is 0. The molecule has 13 heavy (non-hydrogen) atoms. The minimum Gasteiger partial charge on any atom is -0.353 e. The van der Waals surface area contributed by atoms with E-state index in [4.69, 9.17) is 0 Å². The third-order valence-corrected chi connectivity index (χ3v) is 2.85. The summed E-state index contributed by atoms with van der Waals surface area (Å²) in [6.07, 6.45) is 7.71. The molecule has 3 nitrogen and oxygen atoms in total. The fourth-order valence-corrected chi connectivity index (χ4v) is 2.12. The number of rotatable bonds is 1. The minimum absolute atomic E-state index is 0.0544. The molecule has 2 N–H and O–H groups in total. The van der Waals surface area contributed by atoms with Gasteiger partial charge in [-0.3, -0.25) is 4.79 Å². The average Bonchev–Trinajstić information content (AvgIpc) is 2.20. The van der Waals surface area contributed by atoms with Crippen molar-refractivity contribution in [2.75, 3.05) is 13.1 Å². The molecule has 0 aromatic rings. The van der Waals surface area contributed by atoms with Crippen LogP contribution in [0.5, 0.6) is 0 Å². The van der Waals surface area contributed by atoms with E-state index >= 15 is 0 Å². The number of hydrogen-bond acceptors (Lipinski definition) is 2. The van der Waals surface area contributed by atoms with Gasteiger partial charge >= 0.3 is 0 Å². The quantitative estimate of drug-likeness (QED) is 0.575. The number of amides is 1. The zero-order valence-corrected chi connectivity index (χ0v) is 7.75. The summed E-state index contributed by atoms with van der Waals surface area (Å²) < 4.78 is 0. The standard InChI is InChI=1S/C10H16N2O/c13-10-9(11-6-7-12-10)8-4-2-1-3-5-8/h1-2,8-9,11H,3-7H2,(H,12,13). The number of hydrogen-bond donors (Lipinski definition) is 2. The molecule has 0 radical (unpaired) electrons. The summed E-state index contributed by atoms with van der Waals surface area (Å²) in [6, 6.07) is 0.0544. The molecular formula is C10H16N2O. The van der Waals surface area contributed by atoms with Crippen molar-refractivity contribution in [1.82, 2.24) is 10.6 Å². The summed E-state index contributed by atoms with van der Waals surface area (Å²) in [6.45, 7) is 1.69. The Balaban J connectivity index is 1.97. The van der Waals surface area contributed by atoms with Crippen LogP contribution in [-0.4, -0.2) is 25.0 Å². The number of carbonyl (C=O) groups excluding carboxylic acids is 1. The van der Waals surface area contributed by atoms with E-state index in [0.29, 0.717) is 5.92 Å². The first-order valence-corrected chi connectivity index (χ1v) is 5.04. The summed E-state index contributed by atoms with van der Waals surface area (Å²) in [5, 5.41) is 6.20. The Kier molecular flexibility index (Phi) is 2.64. The third-order valence-electron chi connectivity index (χ3n) is 2.85. The van der Waals surface area contributed by atoms with E-state index in [9.17, 15) is 4.79 Å². The Hall–Kier alpha value is -0.830. The predicted octanol–water partition coefficient (Wildman–Crippen LogP) is 0.431. The zero-order valence-electron chi connectivity index (χ0n) is 7.75. The predicted molar refractivity (Wildman–Crippen MR) is 51.3 cm³/mol. The number of piperazine rings is 1. The van der Waals surface area contributed by atoms with Crippen LogP contribution in [0.4, 0.5) is 0 Å². The van der Waals surface area contributed by atoms with E-state index in [1.165, 1.54) is 0 Å². The Bertz CT molecular complexity index is 225. The van der Waals surface area contributed by atoms with Crippen LogP contribution in [0.15, 0.2) is 12.2 Å². The van der Waals surface area contributed by atoms with Crippen LogP contribution in [0, 0.1) is 5.92 Å². The fraction of sp³-hybridized carbons (Fsp3) is 0.700. The van der Waals surface area contributed by atoms with Gasteiger partial charge in [0.2, 0.25) is 5.91 Å². The smallest absolute Gasteiger partial charge is 0.237 e. The lowest BCUT2D eigenvalue weighted by Gasteiger charge is -2.31. The van der Waals surface area contributed by atoms with Crippen molar-refractivity contribution in [3.05, 3.63) is 12.2 Å². The third kappa shape index (κ3) is 1.91. The Labute approximate surface area is 78.6 Å². The lowest BCUT2D eigenvalue weighted by Crippen LogP contribution is -2.56. The highest BCUT2D eigenvalue weighted by molar-refractivity contribution is 5.82. The first-order valence-electron chi connectivity index (χ1n) is 5.04. The monoisotopic (exact) mass is 180 g/mol. The Morgan fingerprint density at radius 1 is 1.31 bits per heavy atom. The molecular weight excluding hydrogens is 164 g/mol. The second-order valence-electron chi connectivity index (χ2n) is 3.77. The lowest BCUT2D eigenvalue weighted by molar-refractivity contribution is -0.125. The molecule has 1 amide bonds. The van der Waals surface area contributed by atoms with Crippen molar-refractivity contribution < 1.29 is 4.79 Å². The molecule has 0 aromatic heterocycles. The second kappa shape index (κ2) is 3.92. The fourth-order valence-electron chi connectivity index (χ4n) is 2.12. The van der Waals surface area contributed by atoms with Crippen molar-refractivity contribution in [3.63, 3.8) is 0 Å². The molecule has 1 aliphatic heterocycles. The van der Waals surface area contributed by atoms with Gasteiger partial charge in [-0.25, -0.2) is 0 Å². The van der Waals surface area contributed by atoms with E-state index in [2.05, 4.69) is 22.8 Å². The van der Waals surface area contributed by atoms with Gasteiger partial charge in [-0.15, -0.1) is 0 Å². The SMILES string of the molecule is O=C1NCCNC1C1CC=CCC1. The topological polar surface area (TPSA) is 41.1 Å². The van der Waals surface area contributed by atoms with Crippen LogP contribution in [0.2, 0.25) is 0 Å². The molecule has 3 heteroatoms. The molecule has 72 valence electrons. The molecule has 0 aromatic carbocycles. The highest BCUT2D eigenvalue weighted by Crippen LogP contribution is 2.22. The maximum absolute atomic E-state index is 11.5.